The predicted octanol–water partition coefficient (Wildman–Crippen LogP) is 3.23. The highest BCUT2D eigenvalue weighted by Crippen LogP contribution is 2.21. The van der Waals surface area contributed by atoms with Crippen molar-refractivity contribution in [2.75, 3.05) is 19.6 Å². The van der Waals surface area contributed by atoms with Crippen LogP contribution in [0.25, 0.3) is 11.8 Å². The number of hydrogen-bond donors (Lipinski definition) is 1. The van der Waals surface area contributed by atoms with Gasteiger partial charge in [0, 0.05) is 26.2 Å². The fourth-order valence-electron chi connectivity index (χ4n) is 4.09. The third-order valence-electron chi connectivity index (χ3n) is 5.73. The van der Waals surface area contributed by atoms with Gasteiger partial charge in [0.25, 0.3) is 0 Å². The van der Waals surface area contributed by atoms with E-state index >= 15 is 0 Å². The molecule has 0 saturated carbocycles. The van der Waals surface area contributed by atoms with Crippen molar-refractivity contribution in [3.63, 3.8) is 0 Å². The quantitative estimate of drug-likeness (QED) is 0.686. The SMILES string of the molecule is CC(=Cc1ccccc1)CN1CCC(n2ncn(-c3ccc(CN)cc3)c2=O)CC1. The van der Waals surface area contributed by atoms with Gasteiger partial charge in [-0.25, -0.2) is 14.0 Å². The normalized spacial score (nSPS) is 16.1. The standard InChI is InChI=1S/C24H29N5O/c1-19(15-20-5-3-2-4-6-20)17-27-13-11-23(12-14-27)29-24(30)28(18-26-29)22-9-7-21(16-25)8-10-22/h2-10,15,18,23H,11-14,16-17,25H2,1H3. The first kappa shape index (κ1) is 20.3. The van der Waals surface area contributed by atoms with Crippen LogP contribution in [0.1, 0.15) is 36.9 Å². The fourth-order valence-corrected chi connectivity index (χ4v) is 4.09. The van der Waals surface area contributed by atoms with Crippen LogP contribution in [0.15, 0.2) is 71.3 Å². The van der Waals surface area contributed by atoms with Gasteiger partial charge in [0.2, 0.25) is 0 Å². The van der Waals surface area contributed by atoms with E-state index in [2.05, 4.69) is 47.3 Å². The highest BCUT2D eigenvalue weighted by molar-refractivity contribution is 5.52. The van der Waals surface area contributed by atoms with Crippen LogP contribution in [0.2, 0.25) is 0 Å². The van der Waals surface area contributed by atoms with Gasteiger partial charge in [-0.15, -0.1) is 0 Å². The van der Waals surface area contributed by atoms with Gasteiger partial charge >= 0.3 is 5.69 Å². The minimum atomic E-state index is -0.0749. The second-order valence-corrected chi connectivity index (χ2v) is 8.01. The number of piperidine rings is 1. The lowest BCUT2D eigenvalue weighted by atomic mass is 10.0. The summed E-state index contributed by atoms with van der Waals surface area (Å²) in [5, 5.41) is 4.41. The van der Waals surface area contributed by atoms with Crippen molar-refractivity contribution >= 4 is 6.08 Å². The summed E-state index contributed by atoms with van der Waals surface area (Å²) in [6.07, 6.45) is 5.73. The zero-order chi connectivity index (χ0) is 20.9. The molecule has 30 heavy (non-hydrogen) atoms. The molecule has 1 fully saturated rings. The molecule has 0 unspecified atom stereocenters. The minimum absolute atomic E-state index is 0.0749. The second-order valence-electron chi connectivity index (χ2n) is 8.01. The number of rotatable bonds is 6. The van der Waals surface area contributed by atoms with Crippen LogP contribution in [0, 0.1) is 0 Å². The Kier molecular flexibility index (Phi) is 6.26. The number of nitrogens with two attached hydrogens (primary N) is 1. The van der Waals surface area contributed by atoms with Crippen LogP contribution in [0.4, 0.5) is 0 Å². The number of hydrogen-bond acceptors (Lipinski definition) is 4. The molecule has 1 aliphatic heterocycles. The third-order valence-corrected chi connectivity index (χ3v) is 5.73. The van der Waals surface area contributed by atoms with Crippen LogP contribution in [0.3, 0.4) is 0 Å². The Morgan fingerprint density at radius 2 is 1.80 bits per heavy atom. The van der Waals surface area contributed by atoms with Crippen molar-refractivity contribution in [1.82, 2.24) is 19.2 Å². The lowest BCUT2D eigenvalue weighted by Gasteiger charge is -2.31. The number of likely N-dealkylation sites (tertiary alicyclic amines) is 1. The molecule has 156 valence electrons. The maximum absolute atomic E-state index is 12.9. The molecule has 2 N–H and O–H groups in total. The van der Waals surface area contributed by atoms with Gasteiger partial charge in [-0.1, -0.05) is 54.1 Å². The van der Waals surface area contributed by atoms with Gasteiger partial charge in [0.15, 0.2) is 0 Å². The van der Waals surface area contributed by atoms with Crippen molar-refractivity contribution in [3.8, 4) is 5.69 Å². The van der Waals surface area contributed by atoms with E-state index in [9.17, 15) is 4.79 Å². The van der Waals surface area contributed by atoms with E-state index < -0.39 is 0 Å². The number of nitrogens with zero attached hydrogens (tertiary/aromatic N) is 4. The average Bonchev–Trinajstić information content (AvgIpc) is 3.16. The molecular weight excluding hydrogens is 374 g/mol. The summed E-state index contributed by atoms with van der Waals surface area (Å²) in [5.74, 6) is 0. The van der Waals surface area contributed by atoms with Crippen LogP contribution < -0.4 is 11.4 Å². The van der Waals surface area contributed by atoms with Gasteiger partial charge in [-0.05, 0) is 43.0 Å². The van der Waals surface area contributed by atoms with Gasteiger partial charge in [-0.3, -0.25) is 4.90 Å². The van der Waals surface area contributed by atoms with Crippen molar-refractivity contribution in [2.45, 2.75) is 32.4 Å². The van der Waals surface area contributed by atoms with Crippen molar-refractivity contribution in [3.05, 3.63) is 88.1 Å². The number of aromatic nitrogens is 3. The Morgan fingerprint density at radius 3 is 2.47 bits per heavy atom. The largest absolute Gasteiger partial charge is 0.350 e. The molecule has 2 aromatic carbocycles. The lowest BCUT2D eigenvalue weighted by molar-refractivity contribution is 0.189. The summed E-state index contributed by atoms with van der Waals surface area (Å²) in [4.78, 5) is 15.4. The summed E-state index contributed by atoms with van der Waals surface area (Å²) in [5.41, 5.74) is 10.0. The van der Waals surface area contributed by atoms with E-state index in [-0.39, 0.29) is 11.7 Å². The van der Waals surface area contributed by atoms with Gasteiger partial charge < -0.3 is 5.73 Å². The Morgan fingerprint density at radius 1 is 1.10 bits per heavy atom. The first-order chi connectivity index (χ1) is 14.6. The third kappa shape index (κ3) is 4.61. The van der Waals surface area contributed by atoms with E-state index in [0.29, 0.717) is 6.54 Å². The van der Waals surface area contributed by atoms with Crippen LogP contribution in [0.5, 0.6) is 0 Å². The topological polar surface area (TPSA) is 69.1 Å². The molecule has 2 heterocycles. The summed E-state index contributed by atoms with van der Waals surface area (Å²) in [7, 11) is 0. The Bertz CT molecular complexity index is 1040. The number of benzene rings is 2. The molecule has 3 aromatic rings. The van der Waals surface area contributed by atoms with Gasteiger partial charge in [-0.2, -0.15) is 5.10 Å². The average molecular weight is 404 g/mol. The van der Waals surface area contributed by atoms with E-state index in [0.717, 1.165) is 43.7 Å². The molecule has 1 saturated heterocycles. The molecule has 0 aliphatic carbocycles. The van der Waals surface area contributed by atoms with Gasteiger partial charge in [0.1, 0.15) is 6.33 Å². The summed E-state index contributed by atoms with van der Waals surface area (Å²) in [6, 6.07) is 18.3. The molecule has 4 rings (SSSR count). The zero-order valence-electron chi connectivity index (χ0n) is 17.4. The van der Waals surface area contributed by atoms with Crippen LogP contribution in [-0.2, 0) is 6.54 Å². The molecule has 0 radical (unpaired) electrons. The smallest absolute Gasteiger partial charge is 0.326 e. The van der Waals surface area contributed by atoms with Gasteiger partial charge in [0.05, 0.1) is 11.7 Å². The highest BCUT2D eigenvalue weighted by atomic mass is 16.2. The summed E-state index contributed by atoms with van der Waals surface area (Å²) < 4.78 is 3.26. The van der Waals surface area contributed by atoms with E-state index in [1.807, 2.05) is 30.3 Å². The van der Waals surface area contributed by atoms with Crippen molar-refractivity contribution in [2.24, 2.45) is 5.73 Å². The minimum Gasteiger partial charge on any atom is -0.326 e. The summed E-state index contributed by atoms with van der Waals surface area (Å²) in [6.45, 7) is 5.57. The lowest BCUT2D eigenvalue weighted by Crippen LogP contribution is -2.38. The predicted molar refractivity (Wildman–Crippen MR) is 121 cm³/mol. The molecule has 1 aliphatic rings. The highest BCUT2D eigenvalue weighted by Gasteiger charge is 2.23. The molecule has 0 bridgehead atoms. The molecule has 6 heteroatoms. The van der Waals surface area contributed by atoms with Crippen LogP contribution >= 0.6 is 0 Å². The first-order valence-electron chi connectivity index (χ1n) is 10.5. The monoisotopic (exact) mass is 403 g/mol. The van der Waals surface area contributed by atoms with E-state index in [1.54, 1.807) is 15.6 Å². The van der Waals surface area contributed by atoms with E-state index in [4.69, 9.17) is 5.73 Å². The molecule has 0 spiro atoms. The fraction of sp³-hybridized carbons (Fsp3) is 0.333. The Balaban J connectivity index is 1.38. The molecule has 6 nitrogen and oxygen atoms in total. The maximum Gasteiger partial charge on any atom is 0.350 e. The van der Waals surface area contributed by atoms with Crippen LogP contribution in [-0.4, -0.2) is 38.9 Å². The maximum atomic E-state index is 12.9. The van der Waals surface area contributed by atoms with Crippen molar-refractivity contribution < 1.29 is 0 Å². The first-order valence-corrected chi connectivity index (χ1v) is 10.5. The Hall–Kier alpha value is -2.96. The van der Waals surface area contributed by atoms with Crippen molar-refractivity contribution in [1.29, 1.82) is 0 Å². The second kappa shape index (κ2) is 9.24. The Labute approximate surface area is 177 Å². The molecule has 1 aromatic heterocycles. The van der Waals surface area contributed by atoms with E-state index in [1.165, 1.54) is 11.1 Å². The molecular formula is C24H29N5O. The molecule has 0 atom stereocenters. The zero-order valence-corrected chi connectivity index (χ0v) is 17.4. The molecule has 0 amide bonds. The summed E-state index contributed by atoms with van der Waals surface area (Å²) >= 11 is 0.